The Morgan fingerprint density at radius 1 is 1.47 bits per heavy atom. The average Bonchev–Trinajstić information content (AvgIpc) is 3.13. The fourth-order valence-corrected chi connectivity index (χ4v) is 2.73. The van der Waals surface area contributed by atoms with Gasteiger partial charge in [0.25, 0.3) is 0 Å². The van der Waals surface area contributed by atoms with E-state index in [1.807, 2.05) is 0 Å². The molecule has 1 fully saturated rings. The molecule has 0 radical (unpaired) electrons. The highest BCUT2D eigenvalue weighted by Gasteiger charge is 2.31. The lowest BCUT2D eigenvalue weighted by molar-refractivity contribution is 0.759. The maximum Gasteiger partial charge on any atom is 0.226 e. The Morgan fingerprint density at radius 3 is 2.95 bits per heavy atom. The lowest BCUT2D eigenvalue weighted by Crippen LogP contribution is -2.27. The monoisotopic (exact) mass is 290 g/mol. The molecule has 0 spiro atoms. The van der Waals surface area contributed by atoms with Gasteiger partial charge in [0.2, 0.25) is 5.95 Å². The van der Waals surface area contributed by atoms with Crippen molar-refractivity contribution in [1.82, 2.24) is 9.97 Å². The number of nitrogens with two attached hydrogens (primary N) is 1. The van der Waals surface area contributed by atoms with Gasteiger partial charge < -0.3 is 10.6 Å². The van der Waals surface area contributed by atoms with Gasteiger partial charge in [0.15, 0.2) is 0 Å². The number of thiophene rings is 1. The van der Waals surface area contributed by atoms with Crippen LogP contribution in [0.5, 0.6) is 0 Å². The molecule has 0 amide bonds. The minimum atomic E-state index is 0.315. The number of nitrogens with zero attached hydrogens (tertiary/aromatic N) is 3. The Labute approximate surface area is 121 Å². The van der Waals surface area contributed by atoms with E-state index in [9.17, 15) is 0 Å². The van der Waals surface area contributed by atoms with Crippen molar-refractivity contribution in [2.45, 2.75) is 25.4 Å². The van der Waals surface area contributed by atoms with Gasteiger partial charge in [-0.15, -0.1) is 0 Å². The van der Waals surface area contributed by atoms with Gasteiger partial charge in [-0.1, -0.05) is 12.2 Å². The fraction of sp³-hybridized carbons (Fsp3) is 0.308. The molecule has 1 aliphatic rings. The Hall–Kier alpha value is -1.53. The molecule has 19 heavy (non-hydrogen) atoms. The van der Waals surface area contributed by atoms with E-state index in [-0.39, 0.29) is 0 Å². The van der Waals surface area contributed by atoms with E-state index in [1.54, 1.807) is 23.6 Å². The summed E-state index contributed by atoms with van der Waals surface area (Å²) in [6, 6.07) is 4.43. The summed E-state index contributed by atoms with van der Waals surface area (Å²) in [5.74, 6) is 0.721. The smallest absolute Gasteiger partial charge is 0.226 e. The minimum absolute atomic E-state index is 0.315. The summed E-state index contributed by atoms with van der Waals surface area (Å²) in [7, 11) is 0. The number of anilines is 1. The zero-order valence-corrected chi connectivity index (χ0v) is 12.0. The van der Waals surface area contributed by atoms with E-state index in [1.165, 1.54) is 18.4 Å². The van der Waals surface area contributed by atoms with Crippen LogP contribution in [0, 0.1) is 0 Å². The van der Waals surface area contributed by atoms with Crippen molar-refractivity contribution in [2.24, 2.45) is 5.73 Å². The van der Waals surface area contributed by atoms with Crippen molar-refractivity contribution in [2.75, 3.05) is 4.90 Å². The zero-order valence-electron chi connectivity index (χ0n) is 10.3. The molecule has 2 heterocycles. The number of hydrogen-bond donors (Lipinski definition) is 1. The van der Waals surface area contributed by atoms with Crippen LogP contribution in [-0.2, 0) is 6.54 Å². The summed E-state index contributed by atoms with van der Waals surface area (Å²) >= 11 is 6.68. The highest BCUT2D eigenvalue weighted by Crippen LogP contribution is 2.31. The van der Waals surface area contributed by atoms with Gasteiger partial charge in [-0.05, 0) is 41.3 Å². The molecule has 1 aliphatic carbocycles. The van der Waals surface area contributed by atoms with Gasteiger partial charge in [0.05, 0.1) is 0 Å². The van der Waals surface area contributed by atoms with Crippen LogP contribution < -0.4 is 10.6 Å². The molecule has 2 aromatic rings. The van der Waals surface area contributed by atoms with Crippen molar-refractivity contribution in [3.05, 3.63) is 40.3 Å². The van der Waals surface area contributed by atoms with Crippen LogP contribution in [0.1, 0.15) is 24.1 Å². The van der Waals surface area contributed by atoms with E-state index >= 15 is 0 Å². The molecule has 2 N–H and O–H groups in total. The standard InChI is InChI=1S/C13H14N4S2/c14-12(18)11-3-5-15-13(16-11)17(10-1-2-10)7-9-4-6-19-8-9/h3-6,8,10H,1-2,7H2,(H2,14,18). The first-order valence-corrected chi connectivity index (χ1v) is 7.50. The van der Waals surface area contributed by atoms with Crippen molar-refractivity contribution >= 4 is 34.5 Å². The van der Waals surface area contributed by atoms with Gasteiger partial charge in [0, 0.05) is 18.8 Å². The normalized spacial score (nSPS) is 14.3. The molecule has 0 aromatic carbocycles. The quantitative estimate of drug-likeness (QED) is 0.857. The third kappa shape index (κ3) is 2.90. The lowest BCUT2D eigenvalue weighted by Gasteiger charge is -2.22. The number of hydrogen-bond acceptors (Lipinski definition) is 5. The highest BCUT2D eigenvalue weighted by atomic mass is 32.1. The second-order valence-corrected chi connectivity index (χ2v) is 5.82. The van der Waals surface area contributed by atoms with Crippen molar-refractivity contribution in [3.8, 4) is 0 Å². The highest BCUT2D eigenvalue weighted by molar-refractivity contribution is 7.80. The van der Waals surface area contributed by atoms with Gasteiger partial charge in [-0.25, -0.2) is 9.97 Å². The predicted octanol–water partition coefficient (Wildman–Crippen LogP) is 2.34. The van der Waals surface area contributed by atoms with E-state index in [0.717, 1.165) is 12.5 Å². The minimum Gasteiger partial charge on any atom is -0.388 e. The van der Waals surface area contributed by atoms with Crippen molar-refractivity contribution in [1.29, 1.82) is 0 Å². The Morgan fingerprint density at radius 2 is 2.32 bits per heavy atom. The molecule has 2 aromatic heterocycles. The molecule has 0 bridgehead atoms. The molecule has 0 aliphatic heterocycles. The number of thiocarbonyl (C=S) groups is 1. The number of rotatable bonds is 5. The summed E-state index contributed by atoms with van der Waals surface area (Å²) in [5.41, 5.74) is 7.56. The molecular weight excluding hydrogens is 276 g/mol. The lowest BCUT2D eigenvalue weighted by atomic mass is 10.3. The van der Waals surface area contributed by atoms with E-state index in [2.05, 4.69) is 31.7 Å². The van der Waals surface area contributed by atoms with Crippen molar-refractivity contribution in [3.63, 3.8) is 0 Å². The van der Waals surface area contributed by atoms with Gasteiger partial charge in [-0.3, -0.25) is 0 Å². The molecule has 0 saturated heterocycles. The first kappa shape index (κ1) is 12.5. The maximum atomic E-state index is 5.63. The third-order valence-corrected chi connectivity index (χ3v) is 4.01. The van der Waals surface area contributed by atoms with Crippen LogP contribution in [0.25, 0.3) is 0 Å². The molecule has 0 unspecified atom stereocenters. The van der Waals surface area contributed by atoms with Gasteiger partial charge in [-0.2, -0.15) is 11.3 Å². The van der Waals surface area contributed by atoms with Crippen LogP contribution in [0.4, 0.5) is 5.95 Å². The van der Waals surface area contributed by atoms with Crippen LogP contribution in [0.2, 0.25) is 0 Å². The first-order chi connectivity index (χ1) is 9.24. The van der Waals surface area contributed by atoms with E-state index in [0.29, 0.717) is 16.7 Å². The third-order valence-electron chi connectivity index (χ3n) is 3.07. The Balaban J connectivity index is 1.87. The average molecular weight is 290 g/mol. The van der Waals surface area contributed by atoms with E-state index < -0.39 is 0 Å². The van der Waals surface area contributed by atoms with Crippen LogP contribution in [0.15, 0.2) is 29.1 Å². The maximum absolute atomic E-state index is 5.63. The zero-order chi connectivity index (χ0) is 13.2. The summed E-state index contributed by atoms with van der Waals surface area (Å²) < 4.78 is 0. The second kappa shape index (κ2) is 5.22. The molecule has 98 valence electrons. The predicted molar refractivity (Wildman–Crippen MR) is 81.4 cm³/mol. The molecule has 3 rings (SSSR count). The molecule has 4 nitrogen and oxygen atoms in total. The summed E-state index contributed by atoms with van der Waals surface area (Å²) in [4.78, 5) is 11.4. The van der Waals surface area contributed by atoms with Gasteiger partial charge >= 0.3 is 0 Å². The Kier molecular flexibility index (Phi) is 3.44. The van der Waals surface area contributed by atoms with E-state index in [4.69, 9.17) is 18.0 Å². The SMILES string of the molecule is NC(=S)c1ccnc(N(Cc2ccsc2)C2CC2)n1. The summed E-state index contributed by atoms with van der Waals surface area (Å²) in [6.45, 7) is 0.842. The topological polar surface area (TPSA) is 55.0 Å². The summed E-state index contributed by atoms with van der Waals surface area (Å²) in [6.07, 6.45) is 4.12. The molecule has 0 atom stereocenters. The van der Waals surface area contributed by atoms with Crippen LogP contribution in [0.3, 0.4) is 0 Å². The largest absolute Gasteiger partial charge is 0.388 e. The second-order valence-electron chi connectivity index (χ2n) is 4.60. The summed E-state index contributed by atoms with van der Waals surface area (Å²) in [5, 5.41) is 4.25. The fourth-order valence-electron chi connectivity index (χ4n) is 1.95. The Bertz CT molecular complexity index is 578. The molecule has 1 saturated carbocycles. The molecular formula is C13H14N4S2. The van der Waals surface area contributed by atoms with Crippen LogP contribution in [-0.4, -0.2) is 21.0 Å². The van der Waals surface area contributed by atoms with Crippen molar-refractivity contribution < 1.29 is 0 Å². The number of aromatic nitrogens is 2. The van der Waals surface area contributed by atoms with Crippen LogP contribution >= 0.6 is 23.6 Å². The van der Waals surface area contributed by atoms with Gasteiger partial charge in [0.1, 0.15) is 10.7 Å². The molecule has 6 heteroatoms. The first-order valence-electron chi connectivity index (χ1n) is 6.14.